The Morgan fingerprint density at radius 1 is 1.18 bits per heavy atom. The third-order valence-corrected chi connectivity index (χ3v) is 5.49. The second kappa shape index (κ2) is 7.50. The number of hydrogen-bond acceptors (Lipinski definition) is 2. The van der Waals surface area contributed by atoms with Crippen molar-refractivity contribution in [3.63, 3.8) is 0 Å². The van der Waals surface area contributed by atoms with E-state index in [9.17, 15) is 9.59 Å². The van der Waals surface area contributed by atoms with Gasteiger partial charge in [-0.25, -0.2) is 0 Å². The Morgan fingerprint density at radius 2 is 1.96 bits per heavy atom. The number of aromatic nitrogens is 1. The molecular formula is C23H25N3O2. The van der Waals surface area contributed by atoms with Gasteiger partial charge in [0.1, 0.15) is 6.04 Å². The van der Waals surface area contributed by atoms with Gasteiger partial charge in [0.2, 0.25) is 11.8 Å². The molecule has 1 atom stereocenters. The van der Waals surface area contributed by atoms with E-state index in [0.29, 0.717) is 19.5 Å². The van der Waals surface area contributed by atoms with Crippen LogP contribution in [0, 0.1) is 13.8 Å². The lowest BCUT2D eigenvalue weighted by Gasteiger charge is -2.17. The van der Waals surface area contributed by atoms with Gasteiger partial charge in [0.15, 0.2) is 0 Å². The van der Waals surface area contributed by atoms with Gasteiger partial charge in [0, 0.05) is 30.2 Å². The fourth-order valence-electron chi connectivity index (χ4n) is 3.87. The Bertz CT molecular complexity index is 1020. The van der Waals surface area contributed by atoms with Crippen LogP contribution >= 0.6 is 0 Å². The average molecular weight is 375 g/mol. The van der Waals surface area contributed by atoms with Crippen LogP contribution in [0.3, 0.4) is 0 Å². The molecule has 5 nitrogen and oxygen atoms in total. The molecule has 2 heterocycles. The number of benzene rings is 2. The molecule has 144 valence electrons. The van der Waals surface area contributed by atoms with Crippen molar-refractivity contribution in [2.75, 3.05) is 6.54 Å². The molecule has 2 N–H and O–H groups in total. The fourth-order valence-corrected chi connectivity index (χ4v) is 3.87. The van der Waals surface area contributed by atoms with E-state index >= 15 is 0 Å². The molecule has 3 aromatic rings. The van der Waals surface area contributed by atoms with E-state index in [4.69, 9.17) is 0 Å². The maximum atomic E-state index is 12.7. The number of likely N-dealkylation sites (tertiary alicyclic amines) is 1. The number of fused-ring (bicyclic) bond motifs is 1. The lowest BCUT2D eigenvalue weighted by Crippen LogP contribution is -2.41. The summed E-state index contributed by atoms with van der Waals surface area (Å²) in [5, 5.41) is 3.99. The van der Waals surface area contributed by atoms with E-state index in [1.807, 2.05) is 55.3 Å². The quantitative estimate of drug-likeness (QED) is 0.719. The molecular weight excluding hydrogens is 350 g/mol. The maximum Gasteiger partial charge on any atom is 0.245 e. The van der Waals surface area contributed by atoms with Gasteiger partial charge in [0.25, 0.3) is 0 Å². The lowest BCUT2D eigenvalue weighted by atomic mass is 10.1. The van der Waals surface area contributed by atoms with Gasteiger partial charge in [0.05, 0.1) is 6.42 Å². The predicted molar refractivity (Wildman–Crippen MR) is 110 cm³/mol. The van der Waals surface area contributed by atoms with Gasteiger partial charge < -0.3 is 15.2 Å². The van der Waals surface area contributed by atoms with Crippen LogP contribution in [-0.4, -0.2) is 34.3 Å². The van der Waals surface area contributed by atoms with Gasteiger partial charge >= 0.3 is 0 Å². The van der Waals surface area contributed by atoms with Crippen LogP contribution < -0.4 is 5.32 Å². The van der Waals surface area contributed by atoms with Crippen molar-refractivity contribution in [3.8, 4) is 0 Å². The molecule has 5 heteroatoms. The number of hydrogen-bond donors (Lipinski definition) is 2. The molecule has 1 fully saturated rings. The van der Waals surface area contributed by atoms with Crippen molar-refractivity contribution in [1.82, 2.24) is 15.2 Å². The Morgan fingerprint density at radius 3 is 2.75 bits per heavy atom. The van der Waals surface area contributed by atoms with Crippen molar-refractivity contribution in [1.29, 1.82) is 0 Å². The summed E-state index contributed by atoms with van der Waals surface area (Å²) in [6, 6.07) is 13.8. The standard InChI is InChI=1S/C23H25N3O2/c1-15-6-8-17(9-7-15)14-26-11-10-20(23(26)28)25-21(27)12-18-13-24-22-16(2)4-3-5-19(18)22/h3-9,13,20,24H,10-12,14H2,1-2H3,(H,25,27). The predicted octanol–water partition coefficient (Wildman–Crippen LogP) is 3.24. The van der Waals surface area contributed by atoms with Crippen LogP contribution in [-0.2, 0) is 22.6 Å². The highest BCUT2D eigenvalue weighted by Gasteiger charge is 2.32. The smallest absolute Gasteiger partial charge is 0.245 e. The summed E-state index contributed by atoms with van der Waals surface area (Å²) in [7, 11) is 0. The number of para-hydroxylation sites is 1. The molecule has 0 aliphatic carbocycles. The van der Waals surface area contributed by atoms with Gasteiger partial charge in [-0.05, 0) is 37.0 Å². The first kappa shape index (κ1) is 18.3. The molecule has 2 amide bonds. The van der Waals surface area contributed by atoms with Gasteiger partial charge in [-0.15, -0.1) is 0 Å². The molecule has 0 spiro atoms. The number of aryl methyl sites for hydroxylation is 2. The number of aromatic amines is 1. The first-order valence-corrected chi connectivity index (χ1v) is 9.70. The monoisotopic (exact) mass is 375 g/mol. The number of amides is 2. The van der Waals surface area contributed by atoms with E-state index in [1.54, 1.807) is 0 Å². The fraction of sp³-hybridized carbons (Fsp3) is 0.304. The van der Waals surface area contributed by atoms with Gasteiger partial charge in [-0.2, -0.15) is 0 Å². The van der Waals surface area contributed by atoms with Crippen molar-refractivity contribution in [2.24, 2.45) is 0 Å². The van der Waals surface area contributed by atoms with Crippen LogP contribution in [0.15, 0.2) is 48.7 Å². The number of rotatable bonds is 5. The number of carbonyl (C=O) groups excluding carboxylic acids is 2. The molecule has 28 heavy (non-hydrogen) atoms. The maximum absolute atomic E-state index is 12.7. The summed E-state index contributed by atoms with van der Waals surface area (Å²) in [5.41, 5.74) is 5.49. The topological polar surface area (TPSA) is 65.2 Å². The first-order valence-electron chi connectivity index (χ1n) is 9.70. The van der Waals surface area contributed by atoms with Crippen LogP contribution in [0.4, 0.5) is 0 Å². The van der Waals surface area contributed by atoms with Crippen molar-refractivity contribution in [3.05, 3.63) is 70.9 Å². The SMILES string of the molecule is Cc1ccc(CN2CCC(NC(=O)Cc3c[nH]c4c(C)cccc34)C2=O)cc1. The van der Waals surface area contributed by atoms with Crippen LogP contribution in [0.25, 0.3) is 10.9 Å². The molecule has 1 aliphatic rings. The number of nitrogens with zero attached hydrogens (tertiary/aromatic N) is 1. The van der Waals surface area contributed by atoms with Gasteiger partial charge in [-0.1, -0.05) is 48.0 Å². The first-order chi connectivity index (χ1) is 13.5. The summed E-state index contributed by atoms with van der Waals surface area (Å²) in [4.78, 5) is 30.3. The van der Waals surface area contributed by atoms with E-state index in [0.717, 1.165) is 27.6 Å². The van der Waals surface area contributed by atoms with Crippen LogP contribution in [0.2, 0.25) is 0 Å². The summed E-state index contributed by atoms with van der Waals surface area (Å²) in [6.45, 7) is 5.35. The van der Waals surface area contributed by atoms with Crippen molar-refractivity contribution >= 4 is 22.7 Å². The van der Waals surface area contributed by atoms with E-state index in [1.165, 1.54) is 5.56 Å². The zero-order valence-corrected chi connectivity index (χ0v) is 16.3. The number of nitrogens with one attached hydrogen (secondary N) is 2. The summed E-state index contributed by atoms with van der Waals surface area (Å²) >= 11 is 0. The second-order valence-corrected chi connectivity index (χ2v) is 7.64. The molecule has 0 bridgehead atoms. The Labute approximate surface area is 164 Å². The highest BCUT2D eigenvalue weighted by Crippen LogP contribution is 2.22. The molecule has 1 aromatic heterocycles. The lowest BCUT2D eigenvalue weighted by molar-refractivity contribution is -0.132. The minimum absolute atomic E-state index is 0.00342. The molecule has 1 aliphatic heterocycles. The van der Waals surface area contributed by atoms with Crippen molar-refractivity contribution in [2.45, 2.75) is 39.3 Å². The Kier molecular flexibility index (Phi) is 4.90. The van der Waals surface area contributed by atoms with E-state index in [2.05, 4.69) is 22.4 Å². The number of H-pyrrole nitrogens is 1. The molecule has 2 aromatic carbocycles. The van der Waals surface area contributed by atoms with Gasteiger partial charge in [-0.3, -0.25) is 9.59 Å². The third-order valence-electron chi connectivity index (χ3n) is 5.49. The van der Waals surface area contributed by atoms with Crippen molar-refractivity contribution < 1.29 is 9.59 Å². The summed E-state index contributed by atoms with van der Waals surface area (Å²) in [6.07, 6.45) is 2.81. The average Bonchev–Trinajstić information content (AvgIpc) is 3.23. The zero-order valence-electron chi connectivity index (χ0n) is 16.3. The molecule has 1 saturated heterocycles. The van der Waals surface area contributed by atoms with E-state index in [-0.39, 0.29) is 18.2 Å². The molecule has 4 rings (SSSR count). The summed E-state index contributed by atoms with van der Waals surface area (Å²) < 4.78 is 0. The molecule has 0 radical (unpaired) electrons. The minimum atomic E-state index is -0.426. The minimum Gasteiger partial charge on any atom is -0.361 e. The normalized spacial score (nSPS) is 16.7. The Balaban J connectivity index is 1.37. The van der Waals surface area contributed by atoms with E-state index < -0.39 is 6.04 Å². The highest BCUT2D eigenvalue weighted by atomic mass is 16.2. The number of carbonyl (C=O) groups is 2. The zero-order chi connectivity index (χ0) is 19.7. The Hall–Kier alpha value is -3.08. The molecule has 1 unspecified atom stereocenters. The van der Waals surface area contributed by atoms with Crippen LogP contribution in [0.1, 0.15) is 28.7 Å². The highest BCUT2D eigenvalue weighted by molar-refractivity contribution is 5.93. The largest absolute Gasteiger partial charge is 0.361 e. The second-order valence-electron chi connectivity index (χ2n) is 7.64. The summed E-state index contributed by atoms with van der Waals surface area (Å²) in [5.74, 6) is -0.110. The molecule has 0 saturated carbocycles. The third kappa shape index (κ3) is 3.65. The van der Waals surface area contributed by atoms with Crippen LogP contribution in [0.5, 0.6) is 0 Å².